The summed E-state index contributed by atoms with van der Waals surface area (Å²) in [4.78, 5) is 3.54. The Morgan fingerprint density at radius 1 is 1.18 bits per heavy atom. The summed E-state index contributed by atoms with van der Waals surface area (Å²) >= 11 is 5.69. The number of hydrogen-bond acceptors (Lipinski definition) is 5. The molecule has 116 valence electrons. The molecule has 0 saturated carbocycles. The quantitative estimate of drug-likeness (QED) is 0.456. The number of nitrogens with one attached hydrogen (secondary N) is 1. The maximum absolute atomic E-state index is 12.5. The molecule has 0 aliphatic heterocycles. The summed E-state index contributed by atoms with van der Waals surface area (Å²) in [5.74, 6) is -0.652. The highest BCUT2D eigenvalue weighted by atomic mass is 35.5. The van der Waals surface area contributed by atoms with E-state index in [4.69, 9.17) is 16.7 Å². The maximum Gasteiger partial charge on any atom is 0.417 e. The van der Waals surface area contributed by atoms with Crippen molar-refractivity contribution < 1.29 is 23.4 Å². The lowest BCUT2D eigenvalue weighted by Gasteiger charge is -2.08. The highest BCUT2D eigenvalue weighted by molar-refractivity contribution is 6.32. The Bertz CT molecular complexity index is 720. The van der Waals surface area contributed by atoms with Gasteiger partial charge < -0.3 is 10.2 Å². The fourth-order valence-electron chi connectivity index (χ4n) is 1.46. The fraction of sp³-hybridized carbons (Fsp3) is 0.0769. The second-order valence-electron chi connectivity index (χ2n) is 4.17. The molecule has 0 unspecified atom stereocenters. The third-order valence-corrected chi connectivity index (χ3v) is 2.84. The Morgan fingerprint density at radius 3 is 2.50 bits per heavy atom. The van der Waals surface area contributed by atoms with Gasteiger partial charge in [0.15, 0.2) is 17.3 Å². The Balaban J connectivity index is 2.11. The van der Waals surface area contributed by atoms with Crippen LogP contribution in [0.3, 0.4) is 0 Å². The molecule has 9 heteroatoms. The van der Waals surface area contributed by atoms with Crippen LogP contribution in [0.4, 0.5) is 19.0 Å². The van der Waals surface area contributed by atoms with Crippen molar-refractivity contribution in [3.8, 4) is 11.5 Å². The number of anilines is 1. The van der Waals surface area contributed by atoms with Crippen LogP contribution in [0.15, 0.2) is 35.6 Å². The third kappa shape index (κ3) is 3.79. The molecule has 0 saturated heterocycles. The molecule has 5 nitrogen and oxygen atoms in total. The highest BCUT2D eigenvalue weighted by Crippen LogP contribution is 2.32. The molecular formula is C13H9ClF3N3O2. The van der Waals surface area contributed by atoms with Gasteiger partial charge in [-0.15, -0.1) is 0 Å². The third-order valence-electron chi connectivity index (χ3n) is 2.55. The Labute approximate surface area is 127 Å². The first-order valence-corrected chi connectivity index (χ1v) is 6.19. The Hall–Kier alpha value is -2.48. The second kappa shape index (κ2) is 6.10. The van der Waals surface area contributed by atoms with E-state index in [9.17, 15) is 18.3 Å². The summed E-state index contributed by atoms with van der Waals surface area (Å²) in [5.41, 5.74) is 1.88. The lowest BCUT2D eigenvalue weighted by atomic mass is 10.2. The highest BCUT2D eigenvalue weighted by Gasteiger charge is 2.31. The molecule has 0 bridgehead atoms. The smallest absolute Gasteiger partial charge is 0.417 e. The summed E-state index contributed by atoms with van der Waals surface area (Å²) in [6, 6.07) is 4.73. The number of phenolic OH excluding ortho intramolecular Hbond substituents is 2. The molecule has 0 aliphatic carbocycles. The molecule has 0 atom stereocenters. The normalized spacial score (nSPS) is 11.8. The fourth-order valence-corrected chi connectivity index (χ4v) is 1.67. The maximum atomic E-state index is 12.5. The Morgan fingerprint density at radius 2 is 1.91 bits per heavy atom. The van der Waals surface area contributed by atoms with Crippen LogP contribution in [0.2, 0.25) is 5.02 Å². The van der Waals surface area contributed by atoms with Crippen LogP contribution in [0.25, 0.3) is 0 Å². The summed E-state index contributed by atoms with van der Waals surface area (Å²) < 4.78 is 37.4. The molecule has 0 fully saturated rings. The minimum Gasteiger partial charge on any atom is -0.504 e. The standard InChI is InChI=1S/C13H9ClF3N3O2/c14-9-4-8(13(15,16)17)6-18-12(9)20-19-5-7-1-2-10(21)11(22)3-7/h1-6,21-22H,(H,18,20). The molecule has 0 radical (unpaired) electrons. The number of pyridine rings is 1. The predicted molar refractivity (Wildman–Crippen MR) is 75.2 cm³/mol. The number of halogens is 4. The van der Waals surface area contributed by atoms with Crippen LogP contribution in [0, 0.1) is 0 Å². The van der Waals surface area contributed by atoms with E-state index in [0.29, 0.717) is 11.8 Å². The second-order valence-corrected chi connectivity index (χ2v) is 4.58. The molecule has 1 heterocycles. The van der Waals surface area contributed by atoms with Gasteiger partial charge in [0, 0.05) is 6.20 Å². The van der Waals surface area contributed by atoms with Gasteiger partial charge in [0.25, 0.3) is 0 Å². The van der Waals surface area contributed by atoms with Crippen LogP contribution >= 0.6 is 11.6 Å². The monoisotopic (exact) mass is 331 g/mol. The van der Waals surface area contributed by atoms with E-state index in [0.717, 1.165) is 6.07 Å². The topological polar surface area (TPSA) is 77.7 Å². The minimum absolute atomic E-state index is 0.0473. The largest absolute Gasteiger partial charge is 0.504 e. The van der Waals surface area contributed by atoms with Crippen molar-refractivity contribution in [3.05, 3.63) is 46.6 Å². The molecule has 0 aliphatic rings. The van der Waals surface area contributed by atoms with Crippen molar-refractivity contribution in [2.24, 2.45) is 5.10 Å². The lowest BCUT2D eigenvalue weighted by Crippen LogP contribution is -2.06. The average Bonchev–Trinajstić information content (AvgIpc) is 2.43. The van der Waals surface area contributed by atoms with Crippen LogP contribution in [0.5, 0.6) is 11.5 Å². The van der Waals surface area contributed by atoms with Gasteiger partial charge in [-0.2, -0.15) is 18.3 Å². The number of nitrogens with zero attached hydrogens (tertiary/aromatic N) is 2. The van der Waals surface area contributed by atoms with Crippen molar-refractivity contribution in [1.82, 2.24) is 4.98 Å². The SMILES string of the molecule is Oc1ccc(C=NNc2ncc(C(F)(F)F)cc2Cl)cc1O. The van der Waals surface area contributed by atoms with E-state index in [2.05, 4.69) is 15.5 Å². The van der Waals surface area contributed by atoms with Crippen molar-refractivity contribution in [2.75, 3.05) is 5.43 Å². The zero-order chi connectivity index (χ0) is 16.3. The van der Waals surface area contributed by atoms with E-state index in [1.807, 2.05) is 0 Å². The molecule has 22 heavy (non-hydrogen) atoms. The molecule has 3 N–H and O–H groups in total. The van der Waals surface area contributed by atoms with Gasteiger partial charge in [-0.3, -0.25) is 5.43 Å². The van der Waals surface area contributed by atoms with Crippen molar-refractivity contribution in [1.29, 1.82) is 0 Å². The number of rotatable bonds is 3. The van der Waals surface area contributed by atoms with Crippen LogP contribution < -0.4 is 5.43 Å². The molecule has 0 amide bonds. The van der Waals surface area contributed by atoms with Gasteiger partial charge in [-0.1, -0.05) is 11.6 Å². The summed E-state index contributed by atoms with van der Waals surface area (Å²) in [6.45, 7) is 0. The van der Waals surface area contributed by atoms with Crippen molar-refractivity contribution in [3.63, 3.8) is 0 Å². The number of aromatic hydroxyl groups is 2. The molecular weight excluding hydrogens is 323 g/mol. The summed E-state index contributed by atoms with van der Waals surface area (Å²) in [7, 11) is 0. The van der Waals surface area contributed by atoms with E-state index in [1.54, 1.807) is 0 Å². The zero-order valence-corrected chi connectivity index (χ0v) is 11.5. The van der Waals surface area contributed by atoms with Gasteiger partial charge in [0.1, 0.15) is 0 Å². The number of hydrazone groups is 1. The van der Waals surface area contributed by atoms with Crippen molar-refractivity contribution >= 4 is 23.6 Å². The first kappa shape index (κ1) is 15.9. The van der Waals surface area contributed by atoms with Gasteiger partial charge in [-0.25, -0.2) is 4.98 Å². The minimum atomic E-state index is -4.53. The van der Waals surface area contributed by atoms with Crippen LogP contribution in [-0.2, 0) is 6.18 Å². The molecule has 1 aromatic heterocycles. The van der Waals surface area contributed by atoms with Crippen LogP contribution in [-0.4, -0.2) is 21.4 Å². The van der Waals surface area contributed by atoms with Gasteiger partial charge in [0.2, 0.25) is 0 Å². The first-order chi connectivity index (χ1) is 10.3. The lowest BCUT2D eigenvalue weighted by molar-refractivity contribution is -0.137. The molecule has 2 aromatic rings. The molecule has 0 spiro atoms. The van der Waals surface area contributed by atoms with Gasteiger partial charge in [0.05, 0.1) is 16.8 Å². The van der Waals surface area contributed by atoms with Crippen molar-refractivity contribution in [2.45, 2.75) is 6.18 Å². The zero-order valence-electron chi connectivity index (χ0n) is 10.8. The number of aromatic nitrogens is 1. The average molecular weight is 332 g/mol. The number of benzene rings is 1. The first-order valence-electron chi connectivity index (χ1n) is 5.81. The molecule has 1 aromatic carbocycles. The van der Waals surface area contributed by atoms with E-state index < -0.39 is 11.7 Å². The van der Waals surface area contributed by atoms with E-state index in [1.165, 1.54) is 24.4 Å². The van der Waals surface area contributed by atoms with E-state index >= 15 is 0 Å². The van der Waals surface area contributed by atoms with E-state index in [-0.39, 0.29) is 22.3 Å². The number of alkyl halides is 3. The van der Waals surface area contributed by atoms with Crippen LogP contribution in [0.1, 0.15) is 11.1 Å². The summed E-state index contributed by atoms with van der Waals surface area (Å²) in [6.07, 6.45) is -2.62. The summed E-state index contributed by atoms with van der Waals surface area (Å²) in [5, 5.41) is 21.9. The molecule has 2 rings (SSSR count). The predicted octanol–water partition coefficient (Wildman–Crippen LogP) is 3.61. The number of hydrogen-bond donors (Lipinski definition) is 3. The van der Waals surface area contributed by atoms with Gasteiger partial charge >= 0.3 is 6.18 Å². The Kier molecular flexibility index (Phi) is 4.41. The number of phenols is 2. The van der Waals surface area contributed by atoms with Gasteiger partial charge in [-0.05, 0) is 29.8 Å².